The SMILES string of the molecule is CCNCCOc1cc([C@@H]2O[C@@H](CCc3ccc(O)c(OC)c3)C[C@H](O)[C@@H]2CCO)cc(OC)c1O. The second-order valence-electron chi connectivity index (χ2n) is 8.97. The van der Waals surface area contributed by atoms with Crippen molar-refractivity contribution in [3.63, 3.8) is 0 Å². The fourth-order valence-electron chi connectivity index (χ4n) is 4.66. The van der Waals surface area contributed by atoms with Crippen molar-refractivity contribution in [3.8, 4) is 28.7 Å². The second-order valence-corrected chi connectivity index (χ2v) is 8.97. The summed E-state index contributed by atoms with van der Waals surface area (Å²) in [5.74, 6) is 0.610. The van der Waals surface area contributed by atoms with E-state index >= 15 is 0 Å². The summed E-state index contributed by atoms with van der Waals surface area (Å²) in [6.07, 6.45) is 0.694. The molecule has 36 heavy (non-hydrogen) atoms. The number of hydrogen-bond acceptors (Lipinski definition) is 9. The molecule has 1 saturated heterocycles. The Labute approximate surface area is 212 Å². The van der Waals surface area contributed by atoms with Crippen LogP contribution in [0.3, 0.4) is 0 Å². The Kier molecular flexibility index (Phi) is 10.5. The van der Waals surface area contributed by atoms with Gasteiger partial charge in [-0.05, 0) is 67.6 Å². The van der Waals surface area contributed by atoms with Gasteiger partial charge in [-0.1, -0.05) is 13.0 Å². The Balaban J connectivity index is 1.81. The maximum Gasteiger partial charge on any atom is 0.200 e. The third kappa shape index (κ3) is 6.94. The fraction of sp³-hybridized carbons (Fsp3) is 0.556. The van der Waals surface area contributed by atoms with Crippen LogP contribution in [-0.4, -0.2) is 73.2 Å². The van der Waals surface area contributed by atoms with Crippen molar-refractivity contribution in [1.29, 1.82) is 0 Å². The minimum absolute atomic E-state index is 0.0825. The molecule has 0 aliphatic carbocycles. The number of nitrogens with one attached hydrogen (secondary N) is 1. The van der Waals surface area contributed by atoms with Crippen molar-refractivity contribution in [2.45, 2.75) is 50.9 Å². The van der Waals surface area contributed by atoms with Gasteiger partial charge in [0.1, 0.15) is 6.61 Å². The lowest BCUT2D eigenvalue weighted by Crippen LogP contribution is -2.40. The van der Waals surface area contributed by atoms with Gasteiger partial charge in [-0.2, -0.15) is 0 Å². The largest absolute Gasteiger partial charge is 0.504 e. The van der Waals surface area contributed by atoms with E-state index < -0.39 is 12.2 Å². The summed E-state index contributed by atoms with van der Waals surface area (Å²) in [4.78, 5) is 0. The lowest BCUT2D eigenvalue weighted by Gasteiger charge is -2.40. The summed E-state index contributed by atoms with van der Waals surface area (Å²) in [6.45, 7) is 3.72. The summed E-state index contributed by atoms with van der Waals surface area (Å²) in [7, 11) is 2.98. The van der Waals surface area contributed by atoms with Gasteiger partial charge >= 0.3 is 0 Å². The average Bonchev–Trinajstić information content (AvgIpc) is 2.88. The zero-order valence-corrected chi connectivity index (χ0v) is 21.3. The van der Waals surface area contributed by atoms with Crippen molar-refractivity contribution in [2.75, 3.05) is 40.5 Å². The van der Waals surface area contributed by atoms with Gasteiger partial charge in [-0.3, -0.25) is 0 Å². The molecular weight excluding hydrogens is 466 g/mol. The molecule has 0 unspecified atom stereocenters. The highest BCUT2D eigenvalue weighted by Crippen LogP contribution is 2.45. The van der Waals surface area contributed by atoms with E-state index in [1.807, 2.05) is 13.0 Å². The first-order valence-corrected chi connectivity index (χ1v) is 12.5. The summed E-state index contributed by atoms with van der Waals surface area (Å²) in [5.41, 5.74) is 1.69. The summed E-state index contributed by atoms with van der Waals surface area (Å²) < 4.78 is 22.9. The lowest BCUT2D eigenvalue weighted by atomic mass is 9.82. The molecule has 4 atom stereocenters. The van der Waals surface area contributed by atoms with Crippen LogP contribution in [0.4, 0.5) is 0 Å². The number of benzene rings is 2. The Morgan fingerprint density at radius 1 is 1.03 bits per heavy atom. The van der Waals surface area contributed by atoms with Gasteiger partial charge in [0.05, 0.1) is 32.5 Å². The van der Waals surface area contributed by atoms with Crippen LogP contribution in [0.5, 0.6) is 28.7 Å². The molecule has 5 N–H and O–H groups in total. The van der Waals surface area contributed by atoms with E-state index in [0.29, 0.717) is 50.1 Å². The molecule has 0 bridgehead atoms. The number of likely N-dealkylation sites (N-methyl/N-ethyl adjacent to an activating group) is 1. The van der Waals surface area contributed by atoms with E-state index in [0.717, 1.165) is 12.1 Å². The number of methoxy groups -OCH3 is 2. The number of aryl methyl sites for hydroxylation is 1. The number of phenolic OH excluding ortho intramolecular Hbond substituents is 2. The van der Waals surface area contributed by atoms with E-state index in [-0.39, 0.29) is 41.6 Å². The molecule has 0 saturated carbocycles. The average molecular weight is 506 g/mol. The van der Waals surface area contributed by atoms with Gasteiger partial charge in [0.2, 0.25) is 5.75 Å². The predicted octanol–water partition coefficient (Wildman–Crippen LogP) is 2.93. The normalized spacial score (nSPS) is 21.8. The molecule has 2 aromatic rings. The van der Waals surface area contributed by atoms with Gasteiger partial charge in [0.25, 0.3) is 0 Å². The number of aliphatic hydroxyl groups excluding tert-OH is 2. The van der Waals surface area contributed by atoms with Gasteiger partial charge in [0.15, 0.2) is 23.0 Å². The van der Waals surface area contributed by atoms with Crippen LogP contribution in [0.25, 0.3) is 0 Å². The molecule has 200 valence electrons. The predicted molar refractivity (Wildman–Crippen MR) is 135 cm³/mol. The number of hydrogen-bond donors (Lipinski definition) is 5. The highest BCUT2D eigenvalue weighted by Gasteiger charge is 2.39. The maximum absolute atomic E-state index is 11.0. The topological polar surface area (TPSA) is 130 Å². The maximum atomic E-state index is 11.0. The highest BCUT2D eigenvalue weighted by molar-refractivity contribution is 5.53. The molecule has 0 radical (unpaired) electrons. The molecule has 1 heterocycles. The summed E-state index contributed by atoms with van der Waals surface area (Å²) in [6, 6.07) is 8.65. The highest BCUT2D eigenvalue weighted by atomic mass is 16.5. The van der Waals surface area contributed by atoms with Crippen LogP contribution in [0, 0.1) is 5.92 Å². The molecule has 9 heteroatoms. The zero-order chi connectivity index (χ0) is 26.1. The third-order valence-electron chi connectivity index (χ3n) is 6.59. The first-order valence-electron chi connectivity index (χ1n) is 12.5. The minimum atomic E-state index is -0.673. The molecule has 1 aliphatic heterocycles. The van der Waals surface area contributed by atoms with E-state index in [2.05, 4.69) is 5.32 Å². The lowest BCUT2D eigenvalue weighted by molar-refractivity contribution is -0.144. The van der Waals surface area contributed by atoms with E-state index in [1.54, 1.807) is 24.3 Å². The first kappa shape index (κ1) is 27.9. The Bertz CT molecular complexity index is 969. The Hall–Kier alpha value is -2.72. The fourth-order valence-corrected chi connectivity index (χ4v) is 4.66. The number of ether oxygens (including phenoxy) is 4. The van der Waals surface area contributed by atoms with Crippen molar-refractivity contribution in [3.05, 3.63) is 41.5 Å². The van der Waals surface area contributed by atoms with Crippen LogP contribution < -0.4 is 19.5 Å². The third-order valence-corrected chi connectivity index (χ3v) is 6.59. The van der Waals surface area contributed by atoms with E-state index in [1.165, 1.54) is 14.2 Å². The molecule has 1 fully saturated rings. The van der Waals surface area contributed by atoms with Gasteiger partial charge in [0, 0.05) is 19.1 Å². The van der Waals surface area contributed by atoms with Crippen LogP contribution in [0.2, 0.25) is 0 Å². The molecule has 0 amide bonds. The molecule has 1 aliphatic rings. The standard InChI is InChI=1S/C27H39NO8/c1-4-28-10-12-35-25-15-18(14-24(34-3)26(25)32)27-20(9-11-29)22(31)16-19(36-27)7-5-17-6-8-21(30)23(13-17)33-2/h6,8,13-15,19-20,22,27-32H,4-5,7,9-12,16H2,1-3H3/t19-,20-,22-,27-/m0/s1. The smallest absolute Gasteiger partial charge is 0.200 e. The van der Waals surface area contributed by atoms with Crippen molar-refractivity contribution < 1.29 is 39.4 Å². The Morgan fingerprint density at radius 3 is 2.47 bits per heavy atom. The van der Waals surface area contributed by atoms with E-state index in [9.17, 15) is 20.4 Å². The van der Waals surface area contributed by atoms with E-state index in [4.69, 9.17) is 18.9 Å². The van der Waals surface area contributed by atoms with Crippen LogP contribution >= 0.6 is 0 Å². The molecule has 2 aromatic carbocycles. The quantitative estimate of drug-likeness (QED) is 0.261. The van der Waals surface area contributed by atoms with Crippen molar-refractivity contribution >= 4 is 0 Å². The molecular formula is C27H39NO8. The summed E-state index contributed by atoms with van der Waals surface area (Å²) in [5, 5.41) is 44.3. The number of aromatic hydroxyl groups is 2. The number of phenols is 2. The molecule has 3 rings (SSSR count). The van der Waals surface area contributed by atoms with Gasteiger partial charge < -0.3 is 44.7 Å². The molecule has 0 aromatic heterocycles. The minimum Gasteiger partial charge on any atom is -0.504 e. The van der Waals surface area contributed by atoms with Crippen LogP contribution in [0.15, 0.2) is 30.3 Å². The first-order chi connectivity index (χ1) is 17.4. The van der Waals surface area contributed by atoms with Crippen molar-refractivity contribution in [1.82, 2.24) is 5.32 Å². The van der Waals surface area contributed by atoms with Gasteiger partial charge in [-0.25, -0.2) is 0 Å². The Morgan fingerprint density at radius 2 is 1.78 bits per heavy atom. The second kappa shape index (κ2) is 13.5. The number of aliphatic hydroxyl groups is 2. The summed E-state index contributed by atoms with van der Waals surface area (Å²) >= 11 is 0. The molecule has 0 spiro atoms. The molecule has 9 nitrogen and oxygen atoms in total. The van der Waals surface area contributed by atoms with Gasteiger partial charge in [-0.15, -0.1) is 0 Å². The monoisotopic (exact) mass is 505 g/mol. The van der Waals surface area contributed by atoms with Crippen LogP contribution in [0.1, 0.15) is 43.4 Å². The van der Waals surface area contributed by atoms with Crippen LogP contribution in [-0.2, 0) is 11.2 Å². The zero-order valence-electron chi connectivity index (χ0n) is 21.3. The van der Waals surface area contributed by atoms with Crippen molar-refractivity contribution in [2.24, 2.45) is 5.92 Å². The number of rotatable bonds is 13.